The van der Waals surface area contributed by atoms with E-state index >= 15 is 0 Å². The van der Waals surface area contributed by atoms with Gasteiger partial charge in [-0.2, -0.15) is 0 Å². The molecule has 0 saturated heterocycles. The van der Waals surface area contributed by atoms with Crippen molar-refractivity contribution in [1.82, 2.24) is 5.32 Å². The number of hydrogen-bond donors (Lipinski definition) is 1. The Morgan fingerprint density at radius 3 is 2.61 bits per heavy atom. The van der Waals surface area contributed by atoms with Gasteiger partial charge in [-0.1, -0.05) is 36.7 Å². The molecular formula is C15H20BrNO. The summed E-state index contributed by atoms with van der Waals surface area (Å²) in [5, 5.41) is 4.43. The Morgan fingerprint density at radius 1 is 1.33 bits per heavy atom. The SMILES string of the molecule is CCc1c(CNC)oc2c(C(C)C)cc(Br)cc12. The van der Waals surface area contributed by atoms with Crippen molar-refractivity contribution in [2.75, 3.05) is 7.05 Å². The number of benzene rings is 1. The molecular weight excluding hydrogens is 290 g/mol. The van der Waals surface area contributed by atoms with Gasteiger partial charge in [0.1, 0.15) is 11.3 Å². The molecule has 3 heteroatoms. The van der Waals surface area contributed by atoms with E-state index in [1.165, 1.54) is 16.5 Å². The standard InChI is InChI=1S/C15H20BrNO/c1-5-11-13-7-10(16)6-12(9(2)3)15(13)18-14(11)8-17-4/h6-7,9,17H,5,8H2,1-4H3. The topological polar surface area (TPSA) is 25.2 Å². The van der Waals surface area contributed by atoms with Crippen molar-refractivity contribution in [2.45, 2.75) is 39.7 Å². The van der Waals surface area contributed by atoms with Gasteiger partial charge in [0.05, 0.1) is 6.54 Å². The van der Waals surface area contributed by atoms with Crippen molar-refractivity contribution in [1.29, 1.82) is 0 Å². The molecule has 18 heavy (non-hydrogen) atoms. The van der Waals surface area contributed by atoms with Gasteiger partial charge in [0.2, 0.25) is 0 Å². The number of rotatable bonds is 4. The fourth-order valence-corrected chi connectivity index (χ4v) is 2.88. The van der Waals surface area contributed by atoms with Crippen LogP contribution in [0, 0.1) is 0 Å². The lowest BCUT2D eigenvalue weighted by Gasteiger charge is -2.07. The van der Waals surface area contributed by atoms with Crippen LogP contribution in [0.25, 0.3) is 11.0 Å². The molecule has 0 aliphatic heterocycles. The van der Waals surface area contributed by atoms with Crippen LogP contribution in [0.3, 0.4) is 0 Å². The van der Waals surface area contributed by atoms with Crippen molar-refractivity contribution in [3.8, 4) is 0 Å². The lowest BCUT2D eigenvalue weighted by Crippen LogP contribution is -2.05. The predicted octanol–water partition coefficient (Wildman–Crippen LogP) is 4.60. The van der Waals surface area contributed by atoms with Crippen molar-refractivity contribution in [3.63, 3.8) is 0 Å². The van der Waals surface area contributed by atoms with Crippen molar-refractivity contribution < 1.29 is 4.42 Å². The first-order chi connectivity index (χ1) is 8.58. The van der Waals surface area contributed by atoms with Gasteiger partial charge in [-0.05, 0) is 37.1 Å². The molecule has 2 rings (SSSR count). The summed E-state index contributed by atoms with van der Waals surface area (Å²) in [7, 11) is 1.95. The van der Waals surface area contributed by atoms with Crippen LogP contribution in [0.1, 0.15) is 43.6 Å². The van der Waals surface area contributed by atoms with E-state index in [0.717, 1.165) is 28.8 Å². The highest BCUT2D eigenvalue weighted by atomic mass is 79.9. The van der Waals surface area contributed by atoms with E-state index in [0.29, 0.717) is 5.92 Å². The molecule has 98 valence electrons. The molecule has 0 amide bonds. The minimum absolute atomic E-state index is 0.461. The van der Waals surface area contributed by atoms with E-state index in [-0.39, 0.29) is 0 Å². The average Bonchev–Trinajstić information content (AvgIpc) is 2.65. The summed E-state index contributed by atoms with van der Waals surface area (Å²) >= 11 is 3.61. The second-order valence-electron chi connectivity index (χ2n) is 4.91. The van der Waals surface area contributed by atoms with E-state index in [1.54, 1.807) is 0 Å². The third-order valence-electron chi connectivity index (χ3n) is 3.28. The Hall–Kier alpha value is -0.800. The summed E-state index contributed by atoms with van der Waals surface area (Å²) in [6, 6.07) is 4.34. The molecule has 0 fully saturated rings. The molecule has 1 heterocycles. The Balaban J connectivity index is 2.74. The van der Waals surface area contributed by atoms with Gasteiger partial charge in [0.15, 0.2) is 0 Å². The summed E-state index contributed by atoms with van der Waals surface area (Å²) in [4.78, 5) is 0. The number of halogens is 1. The summed E-state index contributed by atoms with van der Waals surface area (Å²) in [5.74, 6) is 1.53. The van der Waals surface area contributed by atoms with Crippen LogP contribution >= 0.6 is 15.9 Å². The molecule has 1 N–H and O–H groups in total. The number of aryl methyl sites for hydroxylation is 1. The highest BCUT2D eigenvalue weighted by molar-refractivity contribution is 9.10. The highest BCUT2D eigenvalue weighted by Gasteiger charge is 2.17. The molecule has 0 radical (unpaired) electrons. The van der Waals surface area contributed by atoms with Crippen molar-refractivity contribution >= 4 is 26.9 Å². The van der Waals surface area contributed by atoms with Crippen LogP contribution in [0.5, 0.6) is 0 Å². The Labute approximate surface area is 117 Å². The second-order valence-corrected chi connectivity index (χ2v) is 5.83. The smallest absolute Gasteiger partial charge is 0.138 e. The molecule has 0 bridgehead atoms. The van der Waals surface area contributed by atoms with Crippen LogP contribution in [-0.2, 0) is 13.0 Å². The molecule has 0 atom stereocenters. The van der Waals surface area contributed by atoms with Crippen LogP contribution in [0.4, 0.5) is 0 Å². The number of furan rings is 1. The zero-order valence-electron chi connectivity index (χ0n) is 11.4. The summed E-state index contributed by atoms with van der Waals surface area (Å²) in [6.07, 6.45) is 0.998. The minimum atomic E-state index is 0.461. The van der Waals surface area contributed by atoms with Gasteiger partial charge in [-0.15, -0.1) is 0 Å². The van der Waals surface area contributed by atoms with Crippen molar-refractivity contribution in [3.05, 3.63) is 33.5 Å². The van der Waals surface area contributed by atoms with E-state index in [2.05, 4.69) is 54.2 Å². The third kappa shape index (κ3) is 2.34. The molecule has 0 unspecified atom stereocenters. The fraction of sp³-hybridized carbons (Fsp3) is 0.467. The van der Waals surface area contributed by atoms with Crippen molar-refractivity contribution in [2.24, 2.45) is 0 Å². The van der Waals surface area contributed by atoms with Crippen LogP contribution in [0.15, 0.2) is 21.0 Å². The maximum absolute atomic E-state index is 6.09. The van der Waals surface area contributed by atoms with Gasteiger partial charge in [0.25, 0.3) is 0 Å². The quantitative estimate of drug-likeness (QED) is 0.893. The minimum Gasteiger partial charge on any atom is -0.459 e. The molecule has 0 spiro atoms. The van der Waals surface area contributed by atoms with Gasteiger partial charge < -0.3 is 9.73 Å². The lowest BCUT2D eigenvalue weighted by atomic mass is 9.99. The maximum atomic E-state index is 6.09. The van der Waals surface area contributed by atoms with Crippen LogP contribution in [-0.4, -0.2) is 7.05 Å². The van der Waals surface area contributed by atoms with Gasteiger partial charge in [-0.3, -0.25) is 0 Å². The first-order valence-corrected chi connectivity index (χ1v) is 7.26. The zero-order chi connectivity index (χ0) is 13.3. The largest absolute Gasteiger partial charge is 0.459 e. The molecule has 2 nitrogen and oxygen atoms in total. The third-order valence-corrected chi connectivity index (χ3v) is 3.74. The fourth-order valence-electron chi connectivity index (χ4n) is 2.41. The normalized spacial score (nSPS) is 11.7. The summed E-state index contributed by atoms with van der Waals surface area (Å²) < 4.78 is 7.22. The first-order valence-electron chi connectivity index (χ1n) is 6.46. The maximum Gasteiger partial charge on any atom is 0.138 e. The molecule has 0 aliphatic rings. The Morgan fingerprint density at radius 2 is 2.06 bits per heavy atom. The number of nitrogens with one attached hydrogen (secondary N) is 1. The van der Waals surface area contributed by atoms with Gasteiger partial charge in [-0.25, -0.2) is 0 Å². The summed E-state index contributed by atoms with van der Waals surface area (Å²) in [6.45, 7) is 7.37. The Kier molecular flexibility index (Phi) is 4.13. The van der Waals surface area contributed by atoms with Gasteiger partial charge >= 0.3 is 0 Å². The Bertz CT molecular complexity index is 557. The lowest BCUT2D eigenvalue weighted by molar-refractivity contribution is 0.520. The van der Waals surface area contributed by atoms with E-state index in [9.17, 15) is 0 Å². The first kappa shape index (κ1) is 13.6. The second kappa shape index (κ2) is 5.45. The monoisotopic (exact) mass is 309 g/mol. The van der Waals surface area contributed by atoms with E-state index < -0.39 is 0 Å². The molecule has 0 aliphatic carbocycles. The molecule has 1 aromatic heterocycles. The zero-order valence-corrected chi connectivity index (χ0v) is 13.0. The number of fused-ring (bicyclic) bond motifs is 1. The van der Waals surface area contributed by atoms with Crippen LogP contribution < -0.4 is 5.32 Å². The van der Waals surface area contributed by atoms with E-state index in [4.69, 9.17) is 4.42 Å². The van der Waals surface area contributed by atoms with Crippen LogP contribution in [0.2, 0.25) is 0 Å². The molecule has 1 aromatic carbocycles. The molecule has 0 saturated carbocycles. The average molecular weight is 310 g/mol. The van der Waals surface area contributed by atoms with E-state index in [1.807, 2.05) is 7.05 Å². The van der Waals surface area contributed by atoms with Gasteiger partial charge in [0, 0.05) is 15.4 Å². The number of hydrogen-bond acceptors (Lipinski definition) is 2. The highest BCUT2D eigenvalue weighted by Crippen LogP contribution is 2.35. The summed E-state index contributed by atoms with van der Waals surface area (Å²) in [5.41, 5.74) is 3.65. The predicted molar refractivity (Wildman–Crippen MR) is 80.1 cm³/mol. The molecule has 2 aromatic rings.